The number of aryl methyl sites for hydroxylation is 1. The molecule has 0 saturated heterocycles. The van der Waals surface area contributed by atoms with Gasteiger partial charge in [-0.25, -0.2) is 4.68 Å². The van der Waals surface area contributed by atoms with Gasteiger partial charge in [0.05, 0.1) is 5.57 Å². The van der Waals surface area contributed by atoms with Crippen LogP contribution < -0.4 is 10.6 Å². The van der Waals surface area contributed by atoms with Crippen LogP contribution in [0.25, 0.3) is 0 Å². The van der Waals surface area contributed by atoms with E-state index in [1.807, 2.05) is 93.6 Å². The minimum Gasteiger partial charge on any atom is -0.328 e. The fourth-order valence-electron chi connectivity index (χ4n) is 4.26. The van der Waals surface area contributed by atoms with Gasteiger partial charge in [-0.3, -0.25) is 4.79 Å². The van der Waals surface area contributed by atoms with Gasteiger partial charge in [0.15, 0.2) is 0 Å². The van der Waals surface area contributed by atoms with Crippen LogP contribution in [0.1, 0.15) is 35.2 Å². The third-order valence-corrected chi connectivity index (χ3v) is 7.62. The summed E-state index contributed by atoms with van der Waals surface area (Å²) in [5.41, 5.74) is 6.29. The number of nitrogens with zero attached hydrogens (tertiary/aromatic N) is 3. The molecule has 1 aromatic heterocycles. The number of thioether (sulfide) groups is 1. The zero-order valence-corrected chi connectivity index (χ0v) is 21.8. The lowest BCUT2D eigenvalue weighted by molar-refractivity contribution is -0.113. The average Bonchev–Trinajstić information content (AvgIpc) is 3.28. The monoisotopic (exact) mass is 515 g/mol. The van der Waals surface area contributed by atoms with Crippen molar-refractivity contribution in [2.45, 2.75) is 37.7 Å². The Morgan fingerprint density at radius 3 is 2.56 bits per heavy atom. The van der Waals surface area contributed by atoms with Gasteiger partial charge in [-0.2, -0.15) is 4.98 Å². The van der Waals surface area contributed by atoms with Crippen molar-refractivity contribution < 1.29 is 4.79 Å². The Morgan fingerprint density at radius 1 is 1.03 bits per heavy atom. The summed E-state index contributed by atoms with van der Waals surface area (Å²) >= 11 is 7.84. The van der Waals surface area contributed by atoms with Gasteiger partial charge in [-0.05, 0) is 55.2 Å². The zero-order valence-electron chi connectivity index (χ0n) is 20.2. The second-order valence-corrected chi connectivity index (χ2v) is 10.1. The number of hydrogen-bond donors (Lipinski definition) is 2. The summed E-state index contributed by atoms with van der Waals surface area (Å²) in [5, 5.41) is 12.6. The molecule has 1 aliphatic rings. The van der Waals surface area contributed by atoms with Gasteiger partial charge >= 0.3 is 0 Å². The molecule has 36 heavy (non-hydrogen) atoms. The fourth-order valence-corrected chi connectivity index (χ4v) is 5.38. The van der Waals surface area contributed by atoms with Crippen molar-refractivity contribution in [3.05, 3.63) is 111 Å². The third-order valence-electron chi connectivity index (χ3n) is 6.36. The standard InChI is InChI=1S/C28H26ClN5OS/c1-17-10-9-15-23(18(17)2)31-26(35)24-19(3)30-27-32-28(36-16-21-13-7-8-14-22(21)29)33-34(27)25(24)20-11-5-4-6-12-20/h4-15,25H,16H2,1-3H3,(H,31,35)(H,30,32,33). The first kappa shape index (κ1) is 24.2. The molecule has 0 spiro atoms. The van der Waals surface area contributed by atoms with Crippen LogP contribution in [0.3, 0.4) is 0 Å². The lowest BCUT2D eigenvalue weighted by atomic mass is 9.95. The van der Waals surface area contributed by atoms with Gasteiger partial charge < -0.3 is 10.6 Å². The highest BCUT2D eigenvalue weighted by molar-refractivity contribution is 7.98. The number of aromatic nitrogens is 3. The molecule has 0 aliphatic carbocycles. The van der Waals surface area contributed by atoms with Crippen LogP contribution in [0.2, 0.25) is 5.02 Å². The summed E-state index contributed by atoms with van der Waals surface area (Å²) < 4.78 is 1.80. The maximum atomic E-state index is 13.7. The molecule has 1 amide bonds. The molecular weight excluding hydrogens is 490 g/mol. The van der Waals surface area contributed by atoms with E-state index in [0.29, 0.717) is 22.4 Å². The van der Waals surface area contributed by atoms with Crippen molar-refractivity contribution in [2.24, 2.45) is 0 Å². The van der Waals surface area contributed by atoms with Crippen molar-refractivity contribution >= 4 is 40.9 Å². The minimum absolute atomic E-state index is 0.172. The maximum Gasteiger partial charge on any atom is 0.255 e. The number of rotatable bonds is 6. The number of carbonyl (C=O) groups excluding carboxylic acids is 1. The number of allylic oxidation sites excluding steroid dienone is 1. The number of hydrogen-bond acceptors (Lipinski definition) is 5. The summed E-state index contributed by atoms with van der Waals surface area (Å²) in [6, 6.07) is 23.2. The van der Waals surface area contributed by atoms with Crippen LogP contribution in [-0.4, -0.2) is 20.7 Å². The molecule has 6 nitrogen and oxygen atoms in total. The van der Waals surface area contributed by atoms with Crippen LogP contribution in [0.15, 0.2) is 89.2 Å². The lowest BCUT2D eigenvalue weighted by Gasteiger charge is -2.28. The van der Waals surface area contributed by atoms with E-state index in [1.165, 1.54) is 11.8 Å². The summed E-state index contributed by atoms with van der Waals surface area (Å²) in [5.74, 6) is 1.08. The van der Waals surface area contributed by atoms with Gasteiger partial charge in [0.2, 0.25) is 11.1 Å². The highest BCUT2D eigenvalue weighted by Crippen LogP contribution is 2.37. The Labute approximate surface area is 219 Å². The maximum absolute atomic E-state index is 13.7. The van der Waals surface area contributed by atoms with Crippen LogP contribution in [0, 0.1) is 13.8 Å². The van der Waals surface area contributed by atoms with Gasteiger partial charge in [0.25, 0.3) is 5.91 Å². The number of carbonyl (C=O) groups is 1. The van der Waals surface area contributed by atoms with Crippen molar-refractivity contribution in [1.29, 1.82) is 0 Å². The molecule has 1 atom stereocenters. The van der Waals surface area contributed by atoms with E-state index in [4.69, 9.17) is 21.7 Å². The molecule has 5 rings (SSSR count). The number of amides is 1. The number of anilines is 2. The Bertz CT molecular complexity index is 1460. The van der Waals surface area contributed by atoms with E-state index in [9.17, 15) is 4.79 Å². The van der Waals surface area contributed by atoms with Crippen molar-refractivity contribution in [1.82, 2.24) is 14.8 Å². The zero-order chi connectivity index (χ0) is 25.2. The van der Waals surface area contributed by atoms with Crippen LogP contribution >= 0.6 is 23.4 Å². The third kappa shape index (κ3) is 4.76. The topological polar surface area (TPSA) is 71.8 Å². The fraction of sp³-hybridized carbons (Fsp3) is 0.179. The molecule has 182 valence electrons. The largest absolute Gasteiger partial charge is 0.328 e. The van der Waals surface area contributed by atoms with Crippen LogP contribution in [0.4, 0.5) is 11.6 Å². The van der Waals surface area contributed by atoms with Crippen molar-refractivity contribution in [3.63, 3.8) is 0 Å². The Balaban J connectivity index is 1.49. The molecule has 0 saturated carbocycles. The Morgan fingerprint density at radius 2 is 1.78 bits per heavy atom. The number of benzene rings is 3. The number of halogens is 1. The van der Waals surface area contributed by atoms with Gasteiger partial charge in [-0.15, -0.1) is 5.10 Å². The lowest BCUT2D eigenvalue weighted by Crippen LogP contribution is -2.31. The molecule has 2 N–H and O–H groups in total. The first-order chi connectivity index (χ1) is 17.4. The Hall–Kier alpha value is -3.55. The van der Waals surface area contributed by atoms with Gasteiger partial charge in [0.1, 0.15) is 6.04 Å². The summed E-state index contributed by atoms with van der Waals surface area (Å²) in [6.45, 7) is 5.95. The van der Waals surface area contributed by atoms with Crippen LogP contribution in [-0.2, 0) is 10.5 Å². The molecule has 1 aliphatic heterocycles. The molecular formula is C28H26ClN5OS. The molecule has 2 heterocycles. The molecule has 1 unspecified atom stereocenters. The average molecular weight is 516 g/mol. The first-order valence-electron chi connectivity index (χ1n) is 11.7. The van der Waals surface area contributed by atoms with E-state index >= 15 is 0 Å². The minimum atomic E-state index is -0.422. The quantitative estimate of drug-likeness (QED) is 0.277. The van der Waals surface area contributed by atoms with E-state index in [0.717, 1.165) is 38.7 Å². The molecule has 0 radical (unpaired) electrons. The van der Waals surface area contributed by atoms with E-state index in [-0.39, 0.29) is 5.91 Å². The van der Waals surface area contributed by atoms with Crippen LogP contribution in [0.5, 0.6) is 0 Å². The molecule has 4 aromatic rings. The van der Waals surface area contributed by atoms with Crippen molar-refractivity contribution in [3.8, 4) is 0 Å². The molecule has 0 fully saturated rings. The Kier molecular flexibility index (Phi) is 6.85. The van der Waals surface area contributed by atoms with Crippen molar-refractivity contribution in [2.75, 3.05) is 10.6 Å². The summed E-state index contributed by atoms with van der Waals surface area (Å²) in [6.07, 6.45) is 0. The second kappa shape index (κ2) is 10.2. The smallest absolute Gasteiger partial charge is 0.255 e. The van der Waals surface area contributed by atoms with E-state index in [2.05, 4.69) is 10.6 Å². The SMILES string of the molecule is CC1=C(C(=O)Nc2cccc(C)c2C)C(c2ccccc2)n2nc(SCc3ccccc3Cl)nc2N1. The van der Waals surface area contributed by atoms with Gasteiger partial charge in [0, 0.05) is 22.2 Å². The highest BCUT2D eigenvalue weighted by Gasteiger charge is 2.34. The van der Waals surface area contributed by atoms with E-state index in [1.54, 1.807) is 4.68 Å². The van der Waals surface area contributed by atoms with Gasteiger partial charge in [-0.1, -0.05) is 84.0 Å². The molecule has 8 heteroatoms. The summed E-state index contributed by atoms with van der Waals surface area (Å²) in [7, 11) is 0. The highest BCUT2D eigenvalue weighted by atomic mass is 35.5. The number of nitrogens with one attached hydrogen (secondary N) is 2. The first-order valence-corrected chi connectivity index (χ1v) is 13.0. The summed E-state index contributed by atoms with van der Waals surface area (Å²) in [4.78, 5) is 18.4. The number of fused-ring (bicyclic) bond motifs is 1. The predicted octanol–water partition coefficient (Wildman–Crippen LogP) is 6.77. The normalized spacial score (nSPS) is 14.8. The molecule has 0 bridgehead atoms. The predicted molar refractivity (Wildman–Crippen MR) is 146 cm³/mol. The van der Waals surface area contributed by atoms with E-state index < -0.39 is 6.04 Å². The molecule has 3 aromatic carbocycles. The second-order valence-electron chi connectivity index (χ2n) is 8.72.